The molecule has 0 N–H and O–H groups in total. The highest BCUT2D eigenvalue weighted by Gasteiger charge is 2.14. The molecule has 0 spiro atoms. The van der Waals surface area contributed by atoms with Gasteiger partial charge in [-0.15, -0.1) is 0 Å². The zero-order valence-corrected chi connectivity index (χ0v) is 13.2. The Kier molecular flexibility index (Phi) is 4.71. The molecular formula is C14H19BrN4. The second-order valence-electron chi connectivity index (χ2n) is 4.71. The van der Waals surface area contributed by atoms with E-state index in [-0.39, 0.29) is 0 Å². The van der Waals surface area contributed by atoms with Crippen LogP contribution in [0.4, 0.5) is 0 Å². The Morgan fingerprint density at radius 2 is 1.95 bits per heavy atom. The van der Waals surface area contributed by atoms with E-state index in [1.165, 1.54) is 11.3 Å². The lowest BCUT2D eigenvalue weighted by Gasteiger charge is -2.17. The zero-order valence-electron chi connectivity index (χ0n) is 11.6. The fourth-order valence-corrected chi connectivity index (χ4v) is 2.84. The first-order chi connectivity index (χ1) is 9.11. The van der Waals surface area contributed by atoms with Gasteiger partial charge < -0.3 is 0 Å². The number of pyridine rings is 1. The first kappa shape index (κ1) is 14.2. The van der Waals surface area contributed by atoms with E-state index in [0.717, 1.165) is 29.7 Å². The number of rotatable bonds is 5. The summed E-state index contributed by atoms with van der Waals surface area (Å²) in [5.74, 6) is 0. The van der Waals surface area contributed by atoms with Crippen LogP contribution in [-0.4, -0.2) is 26.7 Å². The molecule has 2 heterocycles. The predicted octanol–water partition coefficient (Wildman–Crippen LogP) is 2.77. The van der Waals surface area contributed by atoms with Gasteiger partial charge >= 0.3 is 0 Å². The summed E-state index contributed by atoms with van der Waals surface area (Å²) < 4.78 is 3.10. The van der Waals surface area contributed by atoms with E-state index in [2.05, 4.69) is 44.9 Å². The van der Waals surface area contributed by atoms with Gasteiger partial charge in [0.05, 0.1) is 15.9 Å². The molecule has 2 aromatic rings. The molecule has 0 fully saturated rings. The Labute approximate surface area is 122 Å². The molecule has 0 amide bonds. The van der Waals surface area contributed by atoms with Gasteiger partial charge in [-0.1, -0.05) is 6.92 Å². The van der Waals surface area contributed by atoms with Gasteiger partial charge in [0.25, 0.3) is 0 Å². The summed E-state index contributed by atoms with van der Waals surface area (Å²) in [5.41, 5.74) is 3.61. The lowest BCUT2D eigenvalue weighted by atomic mass is 10.2. The first-order valence-corrected chi connectivity index (χ1v) is 7.18. The van der Waals surface area contributed by atoms with E-state index in [4.69, 9.17) is 0 Å². The fourth-order valence-electron chi connectivity index (χ4n) is 2.10. The van der Waals surface area contributed by atoms with Gasteiger partial charge in [0, 0.05) is 32.5 Å². The predicted molar refractivity (Wildman–Crippen MR) is 79.7 cm³/mol. The summed E-state index contributed by atoms with van der Waals surface area (Å²) in [4.78, 5) is 6.31. The van der Waals surface area contributed by atoms with Crippen molar-refractivity contribution in [2.45, 2.75) is 26.4 Å². The van der Waals surface area contributed by atoms with Crippen molar-refractivity contribution in [2.24, 2.45) is 7.05 Å². The van der Waals surface area contributed by atoms with E-state index >= 15 is 0 Å². The second kappa shape index (κ2) is 6.30. The maximum absolute atomic E-state index is 4.52. The summed E-state index contributed by atoms with van der Waals surface area (Å²) in [6.45, 7) is 3.89. The molecule has 0 saturated carbocycles. The summed E-state index contributed by atoms with van der Waals surface area (Å²) in [6.07, 6.45) is 4.61. The van der Waals surface area contributed by atoms with Crippen LogP contribution >= 0.6 is 15.9 Å². The molecule has 2 rings (SSSR count). The molecule has 0 unspecified atom stereocenters. The van der Waals surface area contributed by atoms with Crippen molar-refractivity contribution in [3.05, 3.63) is 46.0 Å². The van der Waals surface area contributed by atoms with E-state index in [0.29, 0.717) is 0 Å². The van der Waals surface area contributed by atoms with Crippen molar-refractivity contribution in [3.8, 4) is 0 Å². The van der Waals surface area contributed by atoms with Crippen LogP contribution in [0.3, 0.4) is 0 Å². The molecule has 2 aromatic heterocycles. The van der Waals surface area contributed by atoms with Crippen LogP contribution in [0.1, 0.15) is 23.9 Å². The number of nitrogens with zero attached hydrogens (tertiary/aromatic N) is 4. The molecule has 0 aromatic carbocycles. The normalized spacial score (nSPS) is 11.2. The molecular weight excluding hydrogens is 304 g/mol. The van der Waals surface area contributed by atoms with Crippen LogP contribution in [0, 0.1) is 0 Å². The van der Waals surface area contributed by atoms with E-state index in [1.54, 1.807) is 0 Å². The maximum atomic E-state index is 4.52. The van der Waals surface area contributed by atoms with Crippen molar-refractivity contribution >= 4 is 15.9 Å². The summed E-state index contributed by atoms with van der Waals surface area (Å²) in [6, 6.07) is 4.10. The first-order valence-electron chi connectivity index (χ1n) is 6.39. The molecule has 0 aliphatic rings. The van der Waals surface area contributed by atoms with Crippen LogP contribution in [0.15, 0.2) is 29.0 Å². The van der Waals surface area contributed by atoms with Crippen molar-refractivity contribution in [1.29, 1.82) is 0 Å². The Bertz CT molecular complexity index is 536. The number of halogens is 1. The molecule has 0 radical (unpaired) electrons. The highest BCUT2D eigenvalue weighted by atomic mass is 79.9. The third-order valence-electron chi connectivity index (χ3n) is 3.12. The van der Waals surface area contributed by atoms with Gasteiger partial charge in [-0.2, -0.15) is 5.10 Å². The zero-order chi connectivity index (χ0) is 13.8. The standard InChI is InChI=1S/C14H19BrN4/c1-4-12-14(15)13(19(3)17-12)10-18(2)9-11-5-7-16-8-6-11/h5-8H,4,9-10H2,1-3H3. The Balaban J connectivity index is 2.07. The molecule has 102 valence electrons. The number of hydrogen-bond acceptors (Lipinski definition) is 3. The minimum Gasteiger partial charge on any atom is -0.296 e. The van der Waals surface area contributed by atoms with Gasteiger partial charge in [-0.3, -0.25) is 14.6 Å². The smallest absolute Gasteiger partial charge is 0.0767 e. The van der Waals surface area contributed by atoms with Gasteiger partial charge in [0.2, 0.25) is 0 Å². The van der Waals surface area contributed by atoms with E-state index in [9.17, 15) is 0 Å². The lowest BCUT2D eigenvalue weighted by Crippen LogP contribution is -2.19. The Hall–Kier alpha value is -1.20. The topological polar surface area (TPSA) is 34.0 Å². The summed E-state index contributed by atoms with van der Waals surface area (Å²) in [7, 11) is 4.12. The molecule has 0 saturated heterocycles. The van der Waals surface area contributed by atoms with Gasteiger partial charge in [0.15, 0.2) is 0 Å². The van der Waals surface area contributed by atoms with Crippen molar-refractivity contribution in [1.82, 2.24) is 19.7 Å². The van der Waals surface area contributed by atoms with Crippen molar-refractivity contribution < 1.29 is 0 Å². The van der Waals surface area contributed by atoms with Gasteiger partial charge in [-0.05, 0) is 47.1 Å². The van der Waals surface area contributed by atoms with Crippen LogP contribution in [0.25, 0.3) is 0 Å². The van der Waals surface area contributed by atoms with Crippen LogP contribution in [-0.2, 0) is 26.6 Å². The van der Waals surface area contributed by atoms with Gasteiger partial charge in [0.1, 0.15) is 0 Å². The molecule has 0 bridgehead atoms. The Morgan fingerprint density at radius 1 is 1.26 bits per heavy atom. The lowest BCUT2D eigenvalue weighted by molar-refractivity contribution is 0.309. The van der Waals surface area contributed by atoms with E-state index in [1.807, 2.05) is 36.3 Å². The minimum absolute atomic E-state index is 0.867. The Morgan fingerprint density at radius 3 is 2.53 bits per heavy atom. The molecule has 19 heavy (non-hydrogen) atoms. The molecule has 0 atom stereocenters. The van der Waals surface area contributed by atoms with Crippen molar-refractivity contribution in [3.63, 3.8) is 0 Å². The van der Waals surface area contributed by atoms with Gasteiger partial charge in [-0.25, -0.2) is 0 Å². The highest BCUT2D eigenvalue weighted by molar-refractivity contribution is 9.10. The monoisotopic (exact) mass is 322 g/mol. The van der Waals surface area contributed by atoms with Crippen molar-refractivity contribution in [2.75, 3.05) is 7.05 Å². The van der Waals surface area contributed by atoms with Crippen LogP contribution < -0.4 is 0 Å². The third kappa shape index (κ3) is 3.42. The molecule has 0 aliphatic carbocycles. The molecule has 0 aliphatic heterocycles. The second-order valence-corrected chi connectivity index (χ2v) is 5.51. The largest absolute Gasteiger partial charge is 0.296 e. The van der Waals surface area contributed by atoms with Crippen LogP contribution in [0.5, 0.6) is 0 Å². The number of hydrogen-bond donors (Lipinski definition) is 0. The van der Waals surface area contributed by atoms with E-state index < -0.39 is 0 Å². The minimum atomic E-state index is 0.867. The highest BCUT2D eigenvalue weighted by Crippen LogP contribution is 2.23. The third-order valence-corrected chi connectivity index (χ3v) is 4.04. The quantitative estimate of drug-likeness (QED) is 0.848. The number of aryl methyl sites for hydroxylation is 2. The number of aromatic nitrogens is 3. The summed E-state index contributed by atoms with van der Waals surface area (Å²) in [5, 5.41) is 4.52. The maximum Gasteiger partial charge on any atom is 0.0767 e. The molecule has 5 heteroatoms. The average Bonchev–Trinajstić information content (AvgIpc) is 2.67. The summed E-state index contributed by atoms with van der Waals surface area (Å²) >= 11 is 3.66. The molecule has 4 nitrogen and oxygen atoms in total. The average molecular weight is 323 g/mol. The van der Waals surface area contributed by atoms with Crippen LogP contribution in [0.2, 0.25) is 0 Å². The fraction of sp³-hybridized carbons (Fsp3) is 0.429. The SMILES string of the molecule is CCc1nn(C)c(CN(C)Cc2ccncc2)c1Br.